The monoisotopic (exact) mass is 381 g/mol. The number of methoxy groups -OCH3 is 1. The van der Waals surface area contributed by atoms with Crippen LogP contribution in [0.15, 0.2) is 54.6 Å². The predicted molar refractivity (Wildman–Crippen MR) is 114 cm³/mol. The highest BCUT2D eigenvalue weighted by Gasteiger charge is 2.23. The molecule has 0 aliphatic carbocycles. The first kappa shape index (κ1) is 20.1. The Kier molecular flexibility index (Phi) is 7.18. The zero-order chi connectivity index (χ0) is 19.8. The predicted octanol–water partition coefficient (Wildman–Crippen LogP) is 4.01. The smallest absolute Gasteiger partial charge is 0.314 e. The summed E-state index contributed by atoms with van der Waals surface area (Å²) in [6.07, 6.45) is 2.02. The van der Waals surface area contributed by atoms with Crippen molar-refractivity contribution in [3.8, 4) is 5.75 Å². The molecule has 2 aromatic carbocycles. The minimum atomic E-state index is -0.0694. The second kappa shape index (κ2) is 10.0. The van der Waals surface area contributed by atoms with Crippen LogP contribution in [0.5, 0.6) is 5.75 Å². The number of nitrogens with one attached hydrogen (secondary N) is 2. The summed E-state index contributed by atoms with van der Waals surface area (Å²) in [5.41, 5.74) is 2.49. The summed E-state index contributed by atoms with van der Waals surface area (Å²) in [5, 5.41) is 6.02. The number of amides is 2. The minimum Gasteiger partial charge on any atom is -0.497 e. The van der Waals surface area contributed by atoms with Crippen LogP contribution >= 0.6 is 0 Å². The molecule has 1 aliphatic rings. The van der Waals surface area contributed by atoms with Crippen LogP contribution in [-0.2, 0) is 0 Å². The second-order valence-corrected chi connectivity index (χ2v) is 7.54. The molecule has 1 saturated heterocycles. The molecule has 0 spiro atoms. The molecule has 5 nitrogen and oxygen atoms in total. The van der Waals surface area contributed by atoms with Gasteiger partial charge in [0, 0.05) is 37.9 Å². The number of urea groups is 1. The molecule has 150 valence electrons. The lowest BCUT2D eigenvalue weighted by molar-refractivity contribution is 0.239. The number of hydrogen-bond acceptors (Lipinski definition) is 3. The van der Waals surface area contributed by atoms with E-state index in [9.17, 15) is 4.79 Å². The maximum atomic E-state index is 12.1. The fourth-order valence-electron chi connectivity index (χ4n) is 3.69. The van der Waals surface area contributed by atoms with Crippen molar-refractivity contribution in [3.05, 3.63) is 60.2 Å². The zero-order valence-corrected chi connectivity index (χ0v) is 16.9. The number of carbonyl (C=O) groups is 1. The Morgan fingerprint density at radius 2 is 2.00 bits per heavy atom. The highest BCUT2D eigenvalue weighted by molar-refractivity contribution is 5.73. The van der Waals surface area contributed by atoms with Crippen LogP contribution in [-0.4, -0.2) is 39.3 Å². The average molecular weight is 382 g/mol. The van der Waals surface area contributed by atoms with Crippen molar-refractivity contribution in [3.63, 3.8) is 0 Å². The number of carbonyl (C=O) groups excluding carboxylic acids is 1. The number of nitrogens with zero attached hydrogens (tertiary/aromatic N) is 1. The van der Waals surface area contributed by atoms with Crippen molar-refractivity contribution in [2.45, 2.75) is 25.7 Å². The summed E-state index contributed by atoms with van der Waals surface area (Å²) in [5.74, 6) is 1.79. The molecule has 0 aromatic heterocycles. The van der Waals surface area contributed by atoms with Crippen LogP contribution in [0, 0.1) is 5.92 Å². The number of anilines is 1. The van der Waals surface area contributed by atoms with Gasteiger partial charge in [-0.25, -0.2) is 4.79 Å². The van der Waals surface area contributed by atoms with Crippen LogP contribution in [0.3, 0.4) is 0 Å². The molecule has 2 atom stereocenters. The Morgan fingerprint density at radius 1 is 1.18 bits per heavy atom. The molecule has 3 rings (SSSR count). The highest BCUT2D eigenvalue weighted by Crippen LogP contribution is 2.26. The van der Waals surface area contributed by atoms with Crippen LogP contribution in [0.25, 0.3) is 0 Å². The minimum absolute atomic E-state index is 0.0694. The molecular formula is C23H31N3O2. The molecule has 2 amide bonds. The summed E-state index contributed by atoms with van der Waals surface area (Å²) in [4.78, 5) is 14.5. The lowest BCUT2D eigenvalue weighted by Crippen LogP contribution is -2.39. The van der Waals surface area contributed by atoms with Gasteiger partial charge >= 0.3 is 6.03 Å². The van der Waals surface area contributed by atoms with Crippen molar-refractivity contribution in [1.82, 2.24) is 10.6 Å². The number of ether oxygens (including phenoxy) is 1. The van der Waals surface area contributed by atoms with E-state index < -0.39 is 0 Å². The first-order valence-corrected chi connectivity index (χ1v) is 10.1. The summed E-state index contributed by atoms with van der Waals surface area (Å²) in [6.45, 7) is 5.55. The van der Waals surface area contributed by atoms with Gasteiger partial charge in [0.2, 0.25) is 0 Å². The molecule has 1 aliphatic heterocycles. The van der Waals surface area contributed by atoms with E-state index in [-0.39, 0.29) is 6.03 Å². The summed E-state index contributed by atoms with van der Waals surface area (Å²) < 4.78 is 5.31. The Hall–Kier alpha value is -2.69. The van der Waals surface area contributed by atoms with Gasteiger partial charge in [-0.2, -0.15) is 0 Å². The Labute approximate surface area is 168 Å². The van der Waals surface area contributed by atoms with E-state index in [1.807, 2.05) is 18.2 Å². The number of hydrogen-bond donors (Lipinski definition) is 2. The van der Waals surface area contributed by atoms with Crippen molar-refractivity contribution in [2.24, 2.45) is 5.92 Å². The Balaban J connectivity index is 1.35. The van der Waals surface area contributed by atoms with Gasteiger partial charge < -0.3 is 20.3 Å². The molecule has 2 N–H and O–H groups in total. The third-order valence-electron chi connectivity index (χ3n) is 5.49. The third-order valence-corrected chi connectivity index (χ3v) is 5.49. The van der Waals surface area contributed by atoms with E-state index in [1.165, 1.54) is 11.3 Å². The SMILES string of the molecule is COc1cccc(N2CCC(CNC(=O)NCCC(C)c3ccccc3)C2)c1. The van der Waals surface area contributed by atoms with Gasteiger partial charge in [-0.3, -0.25) is 0 Å². The molecule has 0 bridgehead atoms. The van der Waals surface area contributed by atoms with Crippen LogP contribution < -0.4 is 20.3 Å². The van der Waals surface area contributed by atoms with Gasteiger partial charge in [-0.05, 0) is 42.4 Å². The highest BCUT2D eigenvalue weighted by atomic mass is 16.5. The molecule has 5 heteroatoms. The lowest BCUT2D eigenvalue weighted by atomic mass is 9.98. The topological polar surface area (TPSA) is 53.6 Å². The van der Waals surface area contributed by atoms with E-state index in [0.29, 0.717) is 24.9 Å². The summed E-state index contributed by atoms with van der Waals surface area (Å²) >= 11 is 0. The van der Waals surface area contributed by atoms with Crippen molar-refractivity contribution >= 4 is 11.7 Å². The third kappa shape index (κ3) is 5.65. The largest absolute Gasteiger partial charge is 0.497 e. The average Bonchev–Trinajstić information content (AvgIpc) is 3.22. The molecule has 2 aromatic rings. The van der Waals surface area contributed by atoms with Gasteiger partial charge in [0.1, 0.15) is 5.75 Å². The second-order valence-electron chi connectivity index (χ2n) is 7.54. The molecule has 1 heterocycles. The number of benzene rings is 2. The molecule has 28 heavy (non-hydrogen) atoms. The van der Waals surface area contributed by atoms with Crippen LogP contribution in [0.2, 0.25) is 0 Å². The van der Waals surface area contributed by atoms with Crippen LogP contribution in [0.1, 0.15) is 31.2 Å². The molecule has 2 unspecified atom stereocenters. The molecule has 1 fully saturated rings. The van der Waals surface area contributed by atoms with E-state index >= 15 is 0 Å². The Bertz CT molecular complexity index is 751. The van der Waals surface area contributed by atoms with Crippen LogP contribution in [0.4, 0.5) is 10.5 Å². The van der Waals surface area contributed by atoms with E-state index in [1.54, 1.807) is 7.11 Å². The van der Waals surface area contributed by atoms with E-state index in [0.717, 1.165) is 31.7 Å². The summed E-state index contributed by atoms with van der Waals surface area (Å²) in [6, 6.07) is 18.5. The fourth-order valence-corrected chi connectivity index (χ4v) is 3.69. The maximum absolute atomic E-state index is 12.1. The van der Waals surface area contributed by atoms with Gasteiger partial charge in [-0.1, -0.05) is 43.3 Å². The number of rotatable bonds is 8. The zero-order valence-electron chi connectivity index (χ0n) is 16.9. The fraction of sp³-hybridized carbons (Fsp3) is 0.435. The van der Waals surface area contributed by atoms with E-state index in [2.05, 4.69) is 58.9 Å². The van der Waals surface area contributed by atoms with Gasteiger partial charge in [0.25, 0.3) is 0 Å². The molecular weight excluding hydrogens is 350 g/mol. The maximum Gasteiger partial charge on any atom is 0.314 e. The van der Waals surface area contributed by atoms with Gasteiger partial charge in [0.05, 0.1) is 7.11 Å². The lowest BCUT2D eigenvalue weighted by Gasteiger charge is -2.19. The Morgan fingerprint density at radius 3 is 2.79 bits per heavy atom. The standard InChI is InChI=1S/C23H31N3O2/c1-18(20-7-4-3-5-8-20)11-13-24-23(27)25-16-19-12-14-26(17-19)21-9-6-10-22(15-21)28-2/h3-10,15,18-19H,11-14,16-17H2,1-2H3,(H2,24,25,27). The first-order valence-electron chi connectivity index (χ1n) is 10.1. The first-order chi connectivity index (χ1) is 13.7. The van der Waals surface area contributed by atoms with Crippen molar-refractivity contribution in [2.75, 3.05) is 38.2 Å². The van der Waals surface area contributed by atoms with Crippen molar-refractivity contribution in [1.29, 1.82) is 0 Å². The molecule has 0 saturated carbocycles. The van der Waals surface area contributed by atoms with Gasteiger partial charge in [0.15, 0.2) is 0 Å². The van der Waals surface area contributed by atoms with Gasteiger partial charge in [-0.15, -0.1) is 0 Å². The summed E-state index contributed by atoms with van der Waals surface area (Å²) in [7, 11) is 1.69. The van der Waals surface area contributed by atoms with E-state index in [4.69, 9.17) is 4.74 Å². The quantitative estimate of drug-likeness (QED) is 0.726. The van der Waals surface area contributed by atoms with Crippen molar-refractivity contribution < 1.29 is 9.53 Å². The molecule has 0 radical (unpaired) electrons. The normalized spacial score (nSPS) is 17.2.